The van der Waals surface area contributed by atoms with Crippen LogP contribution in [0, 0.1) is 0 Å². The molecule has 0 saturated heterocycles. The lowest BCUT2D eigenvalue weighted by molar-refractivity contribution is 0.429. The molecule has 6 aliphatic heterocycles. The maximum absolute atomic E-state index is 7.27. The largest absolute Gasteiger partial charge is 0.458 e. The summed E-state index contributed by atoms with van der Waals surface area (Å²) in [5, 5.41) is 4.00. The molecule has 0 spiro atoms. The first kappa shape index (κ1) is 39.4. The van der Waals surface area contributed by atoms with E-state index in [1.54, 1.807) is 0 Å². The molecule has 7 aromatic rings. The highest BCUT2D eigenvalue weighted by Crippen LogP contribution is 2.46. The molecule has 9 heteroatoms. The first-order valence-electron chi connectivity index (χ1n) is 26.4. The molecule has 3 aliphatic carbocycles. The molecule has 0 bridgehead atoms. The van der Waals surface area contributed by atoms with Crippen LogP contribution in [0.25, 0.3) is 0 Å². The second-order valence-electron chi connectivity index (χ2n) is 21.8. The highest BCUT2D eigenvalue weighted by atomic mass is 16.5. The number of nitrogens with one attached hydrogen (secondary N) is 1. The number of fused-ring (bicyclic) bond motifs is 12. The first-order chi connectivity index (χ1) is 34.1. The summed E-state index contributed by atoms with van der Waals surface area (Å²) < 4.78 is 35.4. The van der Waals surface area contributed by atoms with Crippen LogP contribution in [-0.2, 0) is 0 Å². The lowest BCUT2D eigenvalue weighted by atomic mass is 9.30. The van der Waals surface area contributed by atoms with Crippen molar-refractivity contribution in [1.29, 1.82) is 0 Å². The van der Waals surface area contributed by atoms with Gasteiger partial charge in [0.15, 0.2) is 0 Å². The molecule has 0 unspecified atom stereocenters. The SMILES string of the molecule is c1ccc2c(c1)Oc1cc(C3CCCCC3)cc3c1B2c1cc2c(cc1N3)Oc1cc(C3CCCCC3)cc3c1B2c1cc2c(cc1O3)Oc1cc(C3CCCCC3)cc3c1B2c1ccccc1O3. The summed E-state index contributed by atoms with van der Waals surface area (Å²) >= 11 is 0. The number of anilines is 2. The van der Waals surface area contributed by atoms with E-state index >= 15 is 0 Å². The van der Waals surface area contributed by atoms with Gasteiger partial charge in [0.2, 0.25) is 0 Å². The van der Waals surface area contributed by atoms with Crippen molar-refractivity contribution in [3.8, 4) is 57.5 Å². The molecule has 7 aromatic carbocycles. The van der Waals surface area contributed by atoms with Crippen LogP contribution < -0.4 is 78.2 Å². The molecule has 0 atom stereocenters. The summed E-state index contributed by atoms with van der Waals surface area (Å²) in [4.78, 5) is 0. The summed E-state index contributed by atoms with van der Waals surface area (Å²) in [7, 11) is 0. The average molecular weight is 900 g/mol. The van der Waals surface area contributed by atoms with Gasteiger partial charge < -0.3 is 29.0 Å². The average Bonchev–Trinajstić information content (AvgIpc) is 3.40. The molecule has 9 aliphatic rings. The molecule has 0 radical (unpaired) electrons. The monoisotopic (exact) mass is 899 g/mol. The predicted octanol–water partition coefficient (Wildman–Crippen LogP) is 9.96. The second kappa shape index (κ2) is 15.0. The van der Waals surface area contributed by atoms with Crippen molar-refractivity contribution >= 4 is 80.7 Å². The Bertz CT molecular complexity index is 3140. The van der Waals surface area contributed by atoms with Gasteiger partial charge in [-0.3, -0.25) is 0 Å². The Hall–Kier alpha value is -6.47. The van der Waals surface area contributed by atoms with Gasteiger partial charge in [-0.1, -0.05) is 106 Å². The normalized spacial score (nSPS) is 18.9. The van der Waals surface area contributed by atoms with Gasteiger partial charge in [0.25, 0.3) is 20.1 Å². The smallest absolute Gasteiger partial charge is 0.260 e. The minimum atomic E-state index is -0.132. The van der Waals surface area contributed by atoms with Crippen LogP contribution in [0.4, 0.5) is 11.4 Å². The summed E-state index contributed by atoms with van der Waals surface area (Å²) in [6.07, 6.45) is 18.9. The molecule has 69 heavy (non-hydrogen) atoms. The molecule has 3 fully saturated rings. The van der Waals surface area contributed by atoms with E-state index in [0.29, 0.717) is 17.8 Å². The fraction of sp³-hybridized carbons (Fsp3) is 0.300. The third-order valence-corrected chi connectivity index (χ3v) is 17.9. The molecule has 16 rings (SSSR count). The number of ether oxygens (including phenoxy) is 5. The summed E-state index contributed by atoms with van der Waals surface area (Å²) in [5.74, 6) is 10.7. The molecular formula is C60H52B3NO5. The standard InChI is InChI=1S/C60H52B3NO5/c1-4-14-34(15-5-1)37-24-47-58-53(25-37)65-48-22-12-10-20-40(48)61(58)42-30-43-50(32-46(42)64-47)67-56-28-39(36-18-8-3-9-19-36)29-57-60(56)63(43)45-31-44-51(33-52(45)69-57)68-55-27-38(35-16-6-2-7-17-35)26-54-59(55)62(44)41-21-11-13-23-49(41)66-54/h10-13,20-36,64H,1-9,14-19H2. The number of hydrogen-bond donors (Lipinski definition) is 1. The Labute approximate surface area is 405 Å². The molecule has 1 N–H and O–H groups in total. The van der Waals surface area contributed by atoms with Gasteiger partial charge >= 0.3 is 0 Å². The molecule has 336 valence electrons. The van der Waals surface area contributed by atoms with Gasteiger partial charge in [-0.15, -0.1) is 0 Å². The van der Waals surface area contributed by atoms with E-state index in [0.717, 1.165) is 96.2 Å². The number of para-hydroxylation sites is 2. The van der Waals surface area contributed by atoms with Crippen molar-refractivity contribution in [2.45, 2.75) is 114 Å². The number of rotatable bonds is 3. The molecular weight excluding hydrogens is 847 g/mol. The van der Waals surface area contributed by atoms with Crippen LogP contribution in [0.15, 0.2) is 109 Å². The van der Waals surface area contributed by atoms with Crippen LogP contribution in [0.5, 0.6) is 57.5 Å². The van der Waals surface area contributed by atoms with Crippen molar-refractivity contribution in [1.82, 2.24) is 0 Å². The van der Waals surface area contributed by atoms with Crippen molar-refractivity contribution in [2.24, 2.45) is 0 Å². The topological polar surface area (TPSA) is 58.2 Å². The van der Waals surface area contributed by atoms with Crippen LogP contribution in [0.1, 0.15) is 131 Å². The van der Waals surface area contributed by atoms with Crippen molar-refractivity contribution in [3.05, 3.63) is 126 Å². The predicted molar refractivity (Wildman–Crippen MR) is 280 cm³/mol. The van der Waals surface area contributed by atoms with Crippen molar-refractivity contribution < 1.29 is 23.7 Å². The Balaban J connectivity index is 0.889. The lowest BCUT2D eigenvalue weighted by Crippen LogP contribution is -2.63. The van der Waals surface area contributed by atoms with Crippen LogP contribution in [0.3, 0.4) is 0 Å². The van der Waals surface area contributed by atoms with Gasteiger partial charge in [0.1, 0.15) is 57.5 Å². The third-order valence-electron chi connectivity index (χ3n) is 17.9. The molecule has 6 nitrogen and oxygen atoms in total. The van der Waals surface area contributed by atoms with E-state index in [4.69, 9.17) is 23.7 Å². The van der Waals surface area contributed by atoms with Crippen LogP contribution >= 0.6 is 0 Å². The van der Waals surface area contributed by atoms with E-state index in [9.17, 15) is 0 Å². The Morgan fingerprint density at radius 1 is 0.304 bits per heavy atom. The van der Waals surface area contributed by atoms with Crippen LogP contribution in [0.2, 0.25) is 0 Å². The van der Waals surface area contributed by atoms with Crippen molar-refractivity contribution in [2.75, 3.05) is 5.32 Å². The first-order valence-corrected chi connectivity index (χ1v) is 26.4. The Kier molecular flexibility index (Phi) is 8.57. The van der Waals surface area contributed by atoms with E-state index in [2.05, 4.69) is 115 Å². The molecule has 0 amide bonds. The quantitative estimate of drug-likeness (QED) is 0.178. The second-order valence-corrected chi connectivity index (χ2v) is 21.8. The third kappa shape index (κ3) is 5.95. The summed E-state index contributed by atoms with van der Waals surface area (Å²) in [6.45, 7) is -0.184. The summed E-state index contributed by atoms with van der Waals surface area (Å²) in [5.41, 5.74) is 16.8. The van der Waals surface area contributed by atoms with Crippen molar-refractivity contribution in [3.63, 3.8) is 0 Å². The number of hydrogen-bond acceptors (Lipinski definition) is 6. The molecule has 3 saturated carbocycles. The zero-order valence-electron chi connectivity index (χ0n) is 39.0. The van der Waals surface area contributed by atoms with Crippen LogP contribution in [-0.4, -0.2) is 20.1 Å². The van der Waals surface area contributed by atoms with E-state index < -0.39 is 0 Å². The van der Waals surface area contributed by atoms with E-state index in [-0.39, 0.29) is 20.1 Å². The summed E-state index contributed by atoms with van der Waals surface area (Å²) in [6, 6.07) is 40.9. The fourth-order valence-electron chi connectivity index (χ4n) is 14.6. The van der Waals surface area contributed by atoms with E-state index in [1.807, 2.05) is 0 Å². The number of benzene rings is 7. The lowest BCUT2D eigenvalue weighted by Gasteiger charge is -2.39. The van der Waals surface area contributed by atoms with Gasteiger partial charge in [0.05, 0.1) is 0 Å². The van der Waals surface area contributed by atoms with Gasteiger partial charge in [-0.2, -0.15) is 0 Å². The molecule has 0 aromatic heterocycles. The minimum absolute atomic E-state index is 0.000131. The zero-order valence-corrected chi connectivity index (χ0v) is 39.0. The maximum Gasteiger partial charge on any atom is 0.260 e. The van der Waals surface area contributed by atoms with Gasteiger partial charge in [-0.25, -0.2) is 0 Å². The fourth-order valence-corrected chi connectivity index (χ4v) is 14.6. The zero-order chi connectivity index (χ0) is 44.9. The Morgan fingerprint density at radius 2 is 0.681 bits per heavy atom. The highest BCUT2D eigenvalue weighted by molar-refractivity contribution is 7.02. The Morgan fingerprint density at radius 3 is 1.17 bits per heavy atom. The maximum atomic E-state index is 7.27. The highest BCUT2D eigenvalue weighted by Gasteiger charge is 2.48. The van der Waals surface area contributed by atoms with E-state index in [1.165, 1.54) is 135 Å². The van der Waals surface area contributed by atoms with Gasteiger partial charge in [-0.05, 0) is 160 Å². The van der Waals surface area contributed by atoms with Gasteiger partial charge in [0, 0.05) is 34.4 Å². The minimum Gasteiger partial charge on any atom is -0.458 e. The molecule has 6 heterocycles.